The van der Waals surface area contributed by atoms with E-state index in [2.05, 4.69) is 168 Å². The van der Waals surface area contributed by atoms with E-state index in [9.17, 15) is 4.79 Å². The number of benzene rings is 6. The molecule has 2 aliphatic carbocycles. The summed E-state index contributed by atoms with van der Waals surface area (Å²) in [6.45, 7) is 12.7. The predicted octanol–water partition coefficient (Wildman–Crippen LogP) is 15.5. The van der Waals surface area contributed by atoms with Crippen LogP contribution in [0.4, 0.5) is 0 Å². The molecule has 3 atom stereocenters. The van der Waals surface area contributed by atoms with Gasteiger partial charge in [0.2, 0.25) is 0 Å². The molecule has 0 spiro atoms. The zero-order valence-electron chi connectivity index (χ0n) is 35.0. The van der Waals surface area contributed by atoms with Crippen molar-refractivity contribution in [1.82, 2.24) is 0 Å². The highest BCUT2D eigenvalue weighted by molar-refractivity contribution is 5.96. The van der Waals surface area contributed by atoms with Crippen LogP contribution in [0, 0.1) is 11.8 Å². The van der Waals surface area contributed by atoms with Crippen molar-refractivity contribution in [3.05, 3.63) is 155 Å². The van der Waals surface area contributed by atoms with E-state index < -0.39 is 0 Å². The monoisotopic (exact) mass is 752 g/mol. The van der Waals surface area contributed by atoms with Gasteiger partial charge in [-0.1, -0.05) is 187 Å². The minimum absolute atomic E-state index is 0.212. The average molecular weight is 753 g/mol. The Balaban J connectivity index is 0.000000145. The number of carbonyl (C=O) groups is 1. The van der Waals surface area contributed by atoms with Gasteiger partial charge >= 0.3 is 5.97 Å². The van der Waals surface area contributed by atoms with Gasteiger partial charge in [-0.3, -0.25) is 4.79 Å². The number of carbonyl (C=O) groups excluding carboxylic acids is 1. The third-order valence-corrected chi connectivity index (χ3v) is 11.5. The first-order valence-corrected chi connectivity index (χ1v) is 21.3. The summed E-state index contributed by atoms with van der Waals surface area (Å²) < 4.78 is 5.54. The Labute approximate surface area is 342 Å². The van der Waals surface area contributed by atoms with Crippen molar-refractivity contribution in [2.24, 2.45) is 0 Å². The molecular formula is C55H60O2. The van der Waals surface area contributed by atoms with Crippen molar-refractivity contribution in [3.8, 4) is 11.8 Å². The second-order valence-corrected chi connectivity index (χ2v) is 15.9. The molecule has 0 saturated heterocycles. The molecule has 0 aromatic heterocycles. The van der Waals surface area contributed by atoms with E-state index in [-0.39, 0.29) is 17.5 Å². The van der Waals surface area contributed by atoms with Crippen LogP contribution in [-0.4, -0.2) is 5.97 Å². The van der Waals surface area contributed by atoms with E-state index in [1.165, 1.54) is 106 Å². The molecule has 0 amide bonds. The maximum atomic E-state index is 11.4. The Morgan fingerprint density at radius 2 is 1.39 bits per heavy atom. The fraction of sp³-hybridized carbons (Fsp3) is 0.327. The van der Waals surface area contributed by atoms with Crippen molar-refractivity contribution in [2.45, 2.75) is 117 Å². The molecule has 0 heterocycles. The average Bonchev–Trinajstić information content (AvgIpc) is 3.59. The number of ether oxygens (including phenoxy) is 1. The standard InChI is InChI=1S/C19H20O2.2C18H20/c1-3-4-7-15-12-18(21-13(2)20)19-16-9-6-5-8-14(16)10-11-17(15)19;1-3-4-12-18(2)13-11-15-8-5-7-14-9-6-10-16(18)17(14)15;1-3-4-5-6-10-15(2)17-14-9-12-16-11-7-8-13-18(16)17/h5-6,8-12,18H,3-4,7H2,1-2H3;5-11,13H,3-4,12H2,1-2H3;7-9,11-15H,3-5H2,1-2H3. The molecule has 6 aromatic rings. The topological polar surface area (TPSA) is 26.3 Å². The smallest absolute Gasteiger partial charge is 0.303 e. The predicted molar refractivity (Wildman–Crippen MR) is 245 cm³/mol. The van der Waals surface area contributed by atoms with Crippen LogP contribution in [0.2, 0.25) is 0 Å². The fourth-order valence-corrected chi connectivity index (χ4v) is 8.40. The van der Waals surface area contributed by atoms with Gasteiger partial charge < -0.3 is 4.74 Å². The zero-order valence-corrected chi connectivity index (χ0v) is 35.0. The van der Waals surface area contributed by atoms with E-state index in [0.29, 0.717) is 5.92 Å². The van der Waals surface area contributed by atoms with Gasteiger partial charge in [0.25, 0.3) is 0 Å². The maximum Gasteiger partial charge on any atom is 0.303 e. The first-order valence-electron chi connectivity index (χ1n) is 21.3. The first kappa shape index (κ1) is 41.2. The number of esters is 1. The maximum absolute atomic E-state index is 11.4. The van der Waals surface area contributed by atoms with Crippen LogP contribution < -0.4 is 0 Å². The van der Waals surface area contributed by atoms with E-state index in [4.69, 9.17) is 4.74 Å². The quantitative estimate of drug-likeness (QED) is 0.0791. The third-order valence-electron chi connectivity index (χ3n) is 11.5. The summed E-state index contributed by atoms with van der Waals surface area (Å²) in [5.74, 6) is 6.76. The zero-order chi connectivity index (χ0) is 40.2. The lowest BCUT2D eigenvalue weighted by Crippen LogP contribution is -2.21. The number of fused-ring (bicyclic) bond motifs is 4. The summed E-state index contributed by atoms with van der Waals surface area (Å²) in [6.07, 6.45) is 17.2. The molecule has 2 heteroatoms. The SMILES string of the molecule is CCCCC#CC(C)c1cccc2ccccc12.CCCCC1(C)C=Cc2cccc3cccc1c23.CCCCC1=CC(OC(C)=O)c2c1ccc1ccccc21. The summed E-state index contributed by atoms with van der Waals surface area (Å²) in [4.78, 5) is 11.4. The third kappa shape index (κ3) is 9.77. The Kier molecular flexibility index (Phi) is 14.2. The molecule has 2 nitrogen and oxygen atoms in total. The lowest BCUT2D eigenvalue weighted by molar-refractivity contribution is -0.144. The van der Waals surface area contributed by atoms with Crippen molar-refractivity contribution >= 4 is 49.9 Å². The van der Waals surface area contributed by atoms with E-state index >= 15 is 0 Å². The summed E-state index contributed by atoms with van der Waals surface area (Å²) in [7, 11) is 0. The highest BCUT2D eigenvalue weighted by atomic mass is 16.5. The van der Waals surface area contributed by atoms with Crippen LogP contribution >= 0.6 is 0 Å². The van der Waals surface area contributed by atoms with E-state index in [1.54, 1.807) is 0 Å². The molecule has 6 aromatic carbocycles. The second kappa shape index (κ2) is 19.7. The molecule has 0 fully saturated rings. The molecule has 0 aliphatic heterocycles. The van der Waals surface area contributed by atoms with Crippen molar-refractivity contribution in [1.29, 1.82) is 0 Å². The Hall–Kier alpha value is -5.39. The lowest BCUT2D eigenvalue weighted by atomic mass is 9.72. The highest BCUT2D eigenvalue weighted by Gasteiger charge is 2.29. The van der Waals surface area contributed by atoms with Gasteiger partial charge in [0.1, 0.15) is 6.10 Å². The minimum Gasteiger partial charge on any atom is -0.453 e. The van der Waals surface area contributed by atoms with Gasteiger partial charge in [-0.15, -0.1) is 5.92 Å². The second-order valence-electron chi connectivity index (χ2n) is 15.9. The normalized spacial score (nSPS) is 16.7. The number of hydrogen-bond donors (Lipinski definition) is 0. The molecular weight excluding hydrogens is 693 g/mol. The Morgan fingerprint density at radius 3 is 2.12 bits per heavy atom. The van der Waals surface area contributed by atoms with Gasteiger partial charge in [0.05, 0.1) is 0 Å². The van der Waals surface area contributed by atoms with Gasteiger partial charge in [0.15, 0.2) is 0 Å². The molecule has 0 bridgehead atoms. The van der Waals surface area contributed by atoms with Crippen molar-refractivity contribution in [3.63, 3.8) is 0 Å². The number of unbranched alkanes of at least 4 members (excludes halogenated alkanes) is 4. The van der Waals surface area contributed by atoms with Gasteiger partial charge in [-0.2, -0.15) is 0 Å². The van der Waals surface area contributed by atoms with E-state index in [0.717, 1.165) is 24.8 Å². The molecule has 0 N–H and O–H groups in total. The van der Waals surface area contributed by atoms with Gasteiger partial charge in [-0.25, -0.2) is 0 Å². The Morgan fingerprint density at radius 1 is 0.737 bits per heavy atom. The highest BCUT2D eigenvalue weighted by Crippen LogP contribution is 2.43. The van der Waals surface area contributed by atoms with Crippen LogP contribution in [0.5, 0.6) is 0 Å². The summed E-state index contributed by atoms with van der Waals surface area (Å²) in [5.41, 5.74) is 8.14. The molecule has 8 rings (SSSR count). The minimum atomic E-state index is -0.240. The molecule has 0 saturated carbocycles. The lowest BCUT2D eigenvalue weighted by Gasteiger charge is -2.31. The number of hydrogen-bond acceptors (Lipinski definition) is 2. The number of allylic oxidation sites excluding steroid dienone is 2. The Bertz CT molecular complexity index is 2420. The van der Waals surface area contributed by atoms with Crippen LogP contribution in [0.3, 0.4) is 0 Å². The largest absolute Gasteiger partial charge is 0.453 e. The molecule has 3 unspecified atom stereocenters. The number of rotatable bonds is 10. The van der Waals surface area contributed by atoms with Crippen molar-refractivity contribution < 1.29 is 9.53 Å². The molecule has 57 heavy (non-hydrogen) atoms. The van der Waals surface area contributed by atoms with Crippen LogP contribution in [0.1, 0.15) is 139 Å². The van der Waals surface area contributed by atoms with Crippen molar-refractivity contribution in [2.75, 3.05) is 0 Å². The van der Waals surface area contributed by atoms with Crippen LogP contribution in [-0.2, 0) is 14.9 Å². The fourth-order valence-electron chi connectivity index (χ4n) is 8.40. The van der Waals surface area contributed by atoms with Crippen LogP contribution in [0.25, 0.3) is 44.0 Å². The van der Waals surface area contributed by atoms with E-state index in [1.807, 2.05) is 12.1 Å². The first-order chi connectivity index (χ1) is 27.8. The van der Waals surface area contributed by atoms with Gasteiger partial charge in [0, 0.05) is 30.2 Å². The molecule has 2 aliphatic rings. The molecule has 292 valence electrons. The van der Waals surface area contributed by atoms with Crippen LogP contribution in [0.15, 0.2) is 127 Å². The summed E-state index contributed by atoms with van der Waals surface area (Å²) in [5, 5.41) is 7.84. The summed E-state index contributed by atoms with van der Waals surface area (Å²) in [6, 6.07) is 41.0. The molecule has 0 radical (unpaired) electrons. The summed E-state index contributed by atoms with van der Waals surface area (Å²) >= 11 is 0. The van der Waals surface area contributed by atoms with Gasteiger partial charge in [-0.05, 0) is 98.8 Å².